The Hall–Kier alpha value is -0.910. The van der Waals surface area contributed by atoms with Gasteiger partial charge in [-0.25, -0.2) is 4.98 Å². The quantitative estimate of drug-likeness (QED) is 0.889. The van der Waals surface area contributed by atoms with Crippen LogP contribution in [0.3, 0.4) is 0 Å². The van der Waals surface area contributed by atoms with E-state index < -0.39 is 5.60 Å². The van der Waals surface area contributed by atoms with Gasteiger partial charge in [-0.1, -0.05) is 13.8 Å². The molecule has 0 bridgehead atoms. The molecule has 20 heavy (non-hydrogen) atoms. The number of hydrogen-bond acceptors (Lipinski definition) is 4. The predicted octanol–water partition coefficient (Wildman–Crippen LogP) is 1.51. The van der Waals surface area contributed by atoms with E-state index in [0.29, 0.717) is 6.61 Å². The highest BCUT2D eigenvalue weighted by atomic mass is 16.5. The number of nitrogens with zero attached hydrogens (tertiary/aromatic N) is 3. The maximum absolute atomic E-state index is 10.5. The molecule has 1 atom stereocenters. The first kappa shape index (κ1) is 15.5. The number of aliphatic hydroxyl groups is 1. The summed E-state index contributed by atoms with van der Waals surface area (Å²) in [4.78, 5) is 6.83. The van der Waals surface area contributed by atoms with Gasteiger partial charge in [-0.3, -0.25) is 4.90 Å². The number of piperidine rings is 1. The Kier molecular flexibility index (Phi) is 4.52. The van der Waals surface area contributed by atoms with E-state index in [1.54, 1.807) is 7.11 Å². The molecule has 0 spiro atoms. The van der Waals surface area contributed by atoms with E-state index in [0.717, 1.165) is 38.4 Å². The van der Waals surface area contributed by atoms with Crippen molar-refractivity contribution in [3.8, 4) is 0 Å². The number of methoxy groups -OCH3 is 1. The zero-order chi connectivity index (χ0) is 14.8. The van der Waals surface area contributed by atoms with Gasteiger partial charge < -0.3 is 14.4 Å². The average Bonchev–Trinajstić information content (AvgIpc) is 2.79. The number of aromatic nitrogens is 2. The molecule has 2 heterocycles. The van der Waals surface area contributed by atoms with Crippen molar-refractivity contribution in [3.05, 3.63) is 18.2 Å². The molecule has 1 saturated heterocycles. The average molecular weight is 281 g/mol. The molecule has 1 aliphatic rings. The van der Waals surface area contributed by atoms with Crippen molar-refractivity contribution in [2.45, 2.75) is 45.9 Å². The SMILES string of the molecule is COCCn1ccnc1CN1CC[C@@](C)(O)C(C)(C)C1. The largest absolute Gasteiger partial charge is 0.390 e. The third-order valence-corrected chi connectivity index (χ3v) is 4.69. The molecule has 1 aromatic heterocycles. The van der Waals surface area contributed by atoms with Crippen molar-refractivity contribution in [1.82, 2.24) is 14.5 Å². The Labute approximate surface area is 121 Å². The summed E-state index contributed by atoms with van der Waals surface area (Å²) >= 11 is 0. The van der Waals surface area contributed by atoms with Crippen molar-refractivity contribution in [1.29, 1.82) is 0 Å². The highest BCUT2D eigenvalue weighted by Crippen LogP contribution is 2.38. The van der Waals surface area contributed by atoms with Crippen LogP contribution in [0.1, 0.15) is 33.0 Å². The molecule has 0 unspecified atom stereocenters. The lowest BCUT2D eigenvalue weighted by atomic mass is 9.71. The van der Waals surface area contributed by atoms with Gasteiger partial charge in [0.2, 0.25) is 0 Å². The van der Waals surface area contributed by atoms with Gasteiger partial charge in [-0.15, -0.1) is 0 Å². The summed E-state index contributed by atoms with van der Waals surface area (Å²) in [7, 11) is 1.71. The molecule has 1 N–H and O–H groups in total. The van der Waals surface area contributed by atoms with Crippen molar-refractivity contribution < 1.29 is 9.84 Å². The highest BCUT2D eigenvalue weighted by Gasteiger charge is 2.43. The first-order valence-electron chi connectivity index (χ1n) is 7.29. The third-order valence-electron chi connectivity index (χ3n) is 4.69. The zero-order valence-electron chi connectivity index (χ0n) is 13.1. The number of rotatable bonds is 5. The standard InChI is InChI=1S/C15H27N3O2/c1-14(2)12-17(7-5-15(14,3)19)11-13-16-6-8-18(13)9-10-20-4/h6,8,19H,5,7,9-12H2,1-4H3/t15-/m1/s1. The van der Waals surface area contributed by atoms with Gasteiger partial charge in [-0.05, 0) is 13.3 Å². The molecule has 0 aliphatic carbocycles. The lowest BCUT2D eigenvalue weighted by Crippen LogP contribution is -2.55. The fourth-order valence-corrected chi connectivity index (χ4v) is 2.74. The van der Waals surface area contributed by atoms with Gasteiger partial charge in [0.25, 0.3) is 0 Å². The van der Waals surface area contributed by atoms with Crippen LogP contribution in [0.25, 0.3) is 0 Å². The van der Waals surface area contributed by atoms with Crippen LogP contribution in [0.2, 0.25) is 0 Å². The highest BCUT2D eigenvalue weighted by molar-refractivity contribution is 4.99. The fourth-order valence-electron chi connectivity index (χ4n) is 2.74. The first-order valence-corrected chi connectivity index (χ1v) is 7.29. The molecular formula is C15H27N3O2. The van der Waals surface area contributed by atoms with E-state index in [1.807, 2.05) is 19.3 Å². The Morgan fingerprint density at radius 2 is 2.15 bits per heavy atom. The second-order valence-electron chi connectivity index (χ2n) is 6.65. The monoisotopic (exact) mass is 281 g/mol. The maximum Gasteiger partial charge on any atom is 0.122 e. The van der Waals surface area contributed by atoms with Crippen LogP contribution < -0.4 is 0 Å². The maximum atomic E-state index is 10.5. The number of likely N-dealkylation sites (tertiary alicyclic amines) is 1. The van der Waals surface area contributed by atoms with Crippen LogP contribution in [0.15, 0.2) is 12.4 Å². The summed E-state index contributed by atoms with van der Waals surface area (Å²) in [6, 6.07) is 0. The summed E-state index contributed by atoms with van der Waals surface area (Å²) < 4.78 is 7.27. The van der Waals surface area contributed by atoms with Gasteiger partial charge in [0.05, 0.1) is 18.8 Å². The van der Waals surface area contributed by atoms with E-state index in [9.17, 15) is 5.11 Å². The van der Waals surface area contributed by atoms with Crippen LogP contribution in [0.4, 0.5) is 0 Å². The summed E-state index contributed by atoms with van der Waals surface area (Å²) in [6.07, 6.45) is 4.65. The second-order valence-corrected chi connectivity index (χ2v) is 6.65. The van der Waals surface area contributed by atoms with Crippen LogP contribution in [0, 0.1) is 5.41 Å². The molecule has 0 saturated carbocycles. The summed E-state index contributed by atoms with van der Waals surface area (Å²) in [5.41, 5.74) is -0.690. The summed E-state index contributed by atoms with van der Waals surface area (Å²) in [5, 5.41) is 10.5. The zero-order valence-corrected chi connectivity index (χ0v) is 13.1. The third kappa shape index (κ3) is 3.22. The number of ether oxygens (including phenoxy) is 1. The van der Waals surface area contributed by atoms with Crippen molar-refractivity contribution >= 4 is 0 Å². The molecule has 0 radical (unpaired) electrons. The number of imidazole rings is 1. The Morgan fingerprint density at radius 1 is 1.40 bits per heavy atom. The molecule has 0 aromatic carbocycles. The molecule has 5 heteroatoms. The van der Waals surface area contributed by atoms with E-state index in [-0.39, 0.29) is 5.41 Å². The molecule has 1 aromatic rings. The van der Waals surface area contributed by atoms with Crippen LogP contribution in [-0.2, 0) is 17.8 Å². The topological polar surface area (TPSA) is 50.5 Å². The van der Waals surface area contributed by atoms with Crippen LogP contribution in [-0.4, -0.2) is 52.0 Å². The first-order chi connectivity index (χ1) is 9.36. The lowest BCUT2D eigenvalue weighted by molar-refractivity contribution is -0.107. The number of hydrogen-bond donors (Lipinski definition) is 1. The van der Waals surface area contributed by atoms with Gasteiger partial charge in [0.15, 0.2) is 0 Å². The van der Waals surface area contributed by atoms with Crippen molar-refractivity contribution in [3.63, 3.8) is 0 Å². The summed E-state index contributed by atoms with van der Waals surface area (Å²) in [5.74, 6) is 1.07. The lowest BCUT2D eigenvalue weighted by Gasteiger charge is -2.48. The summed E-state index contributed by atoms with van der Waals surface area (Å²) in [6.45, 7) is 10.4. The Morgan fingerprint density at radius 3 is 2.80 bits per heavy atom. The van der Waals surface area contributed by atoms with E-state index >= 15 is 0 Å². The van der Waals surface area contributed by atoms with Crippen molar-refractivity contribution in [2.75, 3.05) is 26.8 Å². The molecule has 1 aliphatic heterocycles. The minimum atomic E-state index is -0.588. The van der Waals surface area contributed by atoms with E-state index in [2.05, 4.69) is 28.3 Å². The normalized spacial score (nSPS) is 26.9. The Bertz CT molecular complexity index is 440. The fraction of sp³-hybridized carbons (Fsp3) is 0.800. The van der Waals surface area contributed by atoms with Gasteiger partial charge in [0, 0.05) is 44.6 Å². The molecule has 5 nitrogen and oxygen atoms in total. The van der Waals surface area contributed by atoms with Gasteiger partial charge in [-0.2, -0.15) is 0 Å². The molecule has 1 fully saturated rings. The van der Waals surface area contributed by atoms with Crippen LogP contribution in [0.5, 0.6) is 0 Å². The minimum absolute atomic E-state index is 0.102. The van der Waals surface area contributed by atoms with Crippen molar-refractivity contribution in [2.24, 2.45) is 5.41 Å². The minimum Gasteiger partial charge on any atom is -0.390 e. The van der Waals surface area contributed by atoms with Crippen LogP contribution >= 0.6 is 0 Å². The smallest absolute Gasteiger partial charge is 0.122 e. The molecule has 114 valence electrons. The van der Waals surface area contributed by atoms with E-state index in [1.165, 1.54) is 0 Å². The predicted molar refractivity (Wildman–Crippen MR) is 78.4 cm³/mol. The molecule has 0 amide bonds. The van der Waals surface area contributed by atoms with Gasteiger partial charge >= 0.3 is 0 Å². The molecule has 2 rings (SSSR count). The van der Waals surface area contributed by atoms with Gasteiger partial charge in [0.1, 0.15) is 5.82 Å². The second kappa shape index (κ2) is 5.84. The Balaban J connectivity index is 1.99. The molecular weight excluding hydrogens is 254 g/mol. The van der Waals surface area contributed by atoms with E-state index in [4.69, 9.17) is 4.74 Å².